The molecule has 1 atom stereocenters. The van der Waals surface area contributed by atoms with Crippen LogP contribution in [-0.2, 0) is 10.2 Å². The lowest BCUT2D eigenvalue weighted by molar-refractivity contribution is 0.253. The van der Waals surface area contributed by atoms with Gasteiger partial charge in [-0.05, 0) is 39.3 Å². The summed E-state index contributed by atoms with van der Waals surface area (Å²) in [6.45, 7) is 1.70. The lowest BCUT2D eigenvalue weighted by Gasteiger charge is -2.36. The second kappa shape index (κ2) is 5.01. The van der Waals surface area contributed by atoms with Crippen molar-refractivity contribution in [1.29, 1.82) is 0 Å². The number of nitrogens with two attached hydrogens (primary N) is 1. The Morgan fingerprint density at radius 2 is 2.15 bits per heavy atom. The molecule has 0 radical (unpaired) electrons. The van der Waals surface area contributed by atoms with E-state index in [0.29, 0.717) is 18.3 Å². The van der Waals surface area contributed by atoms with E-state index < -0.39 is 10.2 Å². The number of likely N-dealkylation sites (N-methyl/N-ethyl adjacent to an activating group) is 1. The van der Waals surface area contributed by atoms with Crippen molar-refractivity contribution in [2.24, 2.45) is 5.14 Å². The van der Waals surface area contributed by atoms with Crippen LogP contribution < -0.4 is 9.44 Å². The van der Waals surface area contributed by atoms with Crippen LogP contribution in [-0.4, -0.2) is 49.3 Å². The fourth-order valence-corrected chi connectivity index (χ4v) is 3.85. The molecule has 20 heavy (non-hydrogen) atoms. The Kier molecular flexibility index (Phi) is 3.47. The molecule has 1 aliphatic carbocycles. The van der Waals surface area contributed by atoms with Gasteiger partial charge in [0.2, 0.25) is 0 Å². The molecule has 2 aliphatic rings. The van der Waals surface area contributed by atoms with Crippen LogP contribution >= 0.6 is 0 Å². The molecule has 0 aromatic carbocycles. The quantitative estimate of drug-likeness (QED) is 0.868. The molecule has 112 valence electrons. The highest BCUT2D eigenvalue weighted by Crippen LogP contribution is 2.35. The summed E-state index contributed by atoms with van der Waals surface area (Å²) in [6.07, 6.45) is 7.44. The Bertz CT molecular complexity index is 580. The summed E-state index contributed by atoms with van der Waals surface area (Å²) in [6, 6.07) is 0.320. The summed E-state index contributed by atoms with van der Waals surface area (Å²) in [4.78, 5) is 2.14. The van der Waals surface area contributed by atoms with E-state index >= 15 is 0 Å². The van der Waals surface area contributed by atoms with E-state index in [4.69, 9.17) is 5.14 Å². The lowest BCUT2D eigenvalue weighted by Crippen LogP contribution is -2.51. The lowest BCUT2D eigenvalue weighted by atomic mass is 10.1. The third-order valence-electron chi connectivity index (χ3n) is 3.97. The monoisotopic (exact) mass is 299 g/mol. The predicted molar refractivity (Wildman–Crippen MR) is 76.6 cm³/mol. The van der Waals surface area contributed by atoms with Crippen molar-refractivity contribution >= 4 is 15.9 Å². The minimum atomic E-state index is -3.78. The molecule has 0 unspecified atom stereocenters. The molecular formula is C12H21N5O2S. The van der Waals surface area contributed by atoms with Gasteiger partial charge in [-0.25, -0.2) is 5.14 Å². The molecule has 3 rings (SSSR count). The van der Waals surface area contributed by atoms with Gasteiger partial charge in [0, 0.05) is 12.7 Å². The predicted octanol–water partition coefficient (Wildman–Crippen LogP) is 0.322. The first-order valence-corrected chi connectivity index (χ1v) is 8.50. The summed E-state index contributed by atoms with van der Waals surface area (Å²) in [7, 11) is -1.78. The first-order valence-electron chi connectivity index (χ1n) is 7.00. The van der Waals surface area contributed by atoms with Gasteiger partial charge >= 0.3 is 0 Å². The average Bonchev–Trinajstić information content (AvgIpc) is 3.09. The van der Waals surface area contributed by atoms with Crippen LogP contribution in [0.25, 0.3) is 0 Å². The minimum absolute atomic E-state index is 0.111. The van der Waals surface area contributed by atoms with E-state index in [1.807, 2.05) is 11.7 Å². The fraction of sp³-hybridized carbons (Fsp3) is 0.750. The highest BCUT2D eigenvalue weighted by Gasteiger charge is 2.32. The topological polar surface area (TPSA) is 84.5 Å². The summed E-state index contributed by atoms with van der Waals surface area (Å²) in [5, 5.41) is 9.70. The van der Waals surface area contributed by atoms with Crippen LogP contribution in [0.1, 0.15) is 31.7 Å². The van der Waals surface area contributed by atoms with Gasteiger partial charge in [-0.3, -0.25) is 8.99 Å². The largest absolute Gasteiger partial charge is 0.304 e. The van der Waals surface area contributed by atoms with E-state index in [1.165, 1.54) is 4.31 Å². The molecule has 1 saturated heterocycles. The van der Waals surface area contributed by atoms with Crippen LogP contribution in [0, 0.1) is 0 Å². The summed E-state index contributed by atoms with van der Waals surface area (Å²) >= 11 is 0. The maximum atomic E-state index is 12.0. The molecule has 0 amide bonds. The normalized spacial score (nSPS) is 24.8. The highest BCUT2D eigenvalue weighted by molar-refractivity contribution is 7.90. The van der Waals surface area contributed by atoms with E-state index in [0.717, 1.165) is 32.2 Å². The summed E-state index contributed by atoms with van der Waals surface area (Å²) < 4.78 is 27.2. The first-order chi connectivity index (χ1) is 9.45. The van der Waals surface area contributed by atoms with Crippen molar-refractivity contribution in [3.63, 3.8) is 0 Å². The van der Waals surface area contributed by atoms with Gasteiger partial charge in [0.25, 0.3) is 10.2 Å². The standard InChI is InChI=1S/C12H21N5O2S/c1-15-6-2-3-11(8-15)17(20(13,18)19)12-7-14-16(9-12)10-4-5-10/h7,9-11H,2-6,8H2,1H3,(H2,13,18,19)/t11-/m1/s1. The average molecular weight is 299 g/mol. The van der Waals surface area contributed by atoms with E-state index in [2.05, 4.69) is 10.00 Å². The Hall–Kier alpha value is -1.12. The Morgan fingerprint density at radius 1 is 1.40 bits per heavy atom. The van der Waals surface area contributed by atoms with Gasteiger partial charge < -0.3 is 4.90 Å². The Balaban J connectivity index is 1.88. The molecular weight excluding hydrogens is 278 g/mol. The minimum Gasteiger partial charge on any atom is -0.304 e. The molecule has 2 fully saturated rings. The zero-order valence-corrected chi connectivity index (χ0v) is 12.5. The third-order valence-corrected chi connectivity index (χ3v) is 5.03. The van der Waals surface area contributed by atoms with Crippen LogP contribution in [0.5, 0.6) is 0 Å². The highest BCUT2D eigenvalue weighted by atomic mass is 32.2. The second-order valence-corrected chi connectivity index (χ2v) is 7.23. The summed E-state index contributed by atoms with van der Waals surface area (Å²) in [5.74, 6) is 0. The number of piperidine rings is 1. The third kappa shape index (κ3) is 2.82. The maximum absolute atomic E-state index is 12.0. The van der Waals surface area contributed by atoms with Gasteiger partial charge in [-0.2, -0.15) is 13.5 Å². The van der Waals surface area contributed by atoms with Gasteiger partial charge in [0.1, 0.15) is 0 Å². The number of hydrogen-bond acceptors (Lipinski definition) is 4. The molecule has 1 aliphatic heterocycles. The van der Waals surface area contributed by atoms with Crippen LogP contribution in [0.2, 0.25) is 0 Å². The van der Waals surface area contributed by atoms with E-state index in [-0.39, 0.29) is 6.04 Å². The molecule has 1 aromatic heterocycles. The van der Waals surface area contributed by atoms with Crippen molar-refractivity contribution in [3.05, 3.63) is 12.4 Å². The molecule has 2 heterocycles. The molecule has 2 N–H and O–H groups in total. The number of aromatic nitrogens is 2. The Morgan fingerprint density at radius 3 is 2.75 bits per heavy atom. The van der Waals surface area contributed by atoms with Crippen molar-refractivity contribution in [2.45, 2.75) is 37.8 Å². The number of hydrogen-bond donors (Lipinski definition) is 1. The molecule has 0 bridgehead atoms. The zero-order valence-electron chi connectivity index (χ0n) is 11.6. The number of likely N-dealkylation sites (tertiary alicyclic amines) is 1. The smallest absolute Gasteiger partial charge is 0.299 e. The van der Waals surface area contributed by atoms with E-state index in [1.54, 1.807) is 12.4 Å². The van der Waals surface area contributed by atoms with Crippen molar-refractivity contribution in [2.75, 3.05) is 24.4 Å². The zero-order chi connectivity index (χ0) is 14.3. The second-order valence-electron chi connectivity index (χ2n) is 5.81. The van der Waals surface area contributed by atoms with Gasteiger partial charge in [0.05, 0.1) is 24.0 Å². The molecule has 7 nitrogen and oxygen atoms in total. The van der Waals surface area contributed by atoms with Crippen molar-refractivity contribution in [1.82, 2.24) is 14.7 Å². The molecule has 8 heteroatoms. The Labute approximate surface area is 119 Å². The van der Waals surface area contributed by atoms with Crippen LogP contribution in [0.3, 0.4) is 0 Å². The molecule has 1 aromatic rings. The van der Waals surface area contributed by atoms with Crippen LogP contribution in [0.15, 0.2) is 12.4 Å². The number of nitrogens with zero attached hydrogens (tertiary/aromatic N) is 4. The van der Waals surface area contributed by atoms with Crippen molar-refractivity contribution in [3.8, 4) is 0 Å². The molecule has 1 saturated carbocycles. The van der Waals surface area contributed by atoms with Crippen molar-refractivity contribution < 1.29 is 8.42 Å². The van der Waals surface area contributed by atoms with Gasteiger partial charge in [0.15, 0.2) is 0 Å². The summed E-state index contributed by atoms with van der Waals surface area (Å²) in [5.41, 5.74) is 0.583. The number of rotatable bonds is 4. The maximum Gasteiger partial charge on any atom is 0.299 e. The van der Waals surface area contributed by atoms with Gasteiger partial charge in [-0.15, -0.1) is 0 Å². The first kappa shape index (κ1) is 13.8. The number of anilines is 1. The van der Waals surface area contributed by atoms with Gasteiger partial charge in [-0.1, -0.05) is 0 Å². The van der Waals surface area contributed by atoms with E-state index in [9.17, 15) is 8.42 Å². The fourth-order valence-electron chi connectivity index (χ4n) is 2.88. The van der Waals surface area contributed by atoms with Crippen LogP contribution in [0.4, 0.5) is 5.69 Å². The SMILES string of the molecule is CN1CCC[C@@H](N(c2cnn(C3CC3)c2)S(N)(=O)=O)C1. The molecule has 0 spiro atoms.